The van der Waals surface area contributed by atoms with Crippen molar-refractivity contribution in [1.29, 1.82) is 5.26 Å². The van der Waals surface area contributed by atoms with E-state index in [4.69, 9.17) is 16.0 Å². The van der Waals surface area contributed by atoms with Gasteiger partial charge in [0.15, 0.2) is 6.54 Å². The standard InChI is InChI=1S/C34H33ClN4O7S2/c1-2-37-30-23-28(35)27(24-36)22-29(30)38(17-9-19-47(40,41)42)33(37)13-7-4-8-14-34-39(18-10-20-48(43,44)45)31-21-26(15-16-32(31)46-34)25-11-5-3-6-12-25/h3-8,11-16,21-23H,2,9-10,17-20H2,1H3,(H-,40,41,42,43,44,45)/p-1. The number of rotatable bonds is 13. The van der Waals surface area contributed by atoms with Crippen molar-refractivity contribution >= 4 is 60.4 Å². The van der Waals surface area contributed by atoms with Crippen molar-refractivity contribution in [3.05, 3.63) is 107 Å². The summed E-state index contributed by atoms with van der Waals surface area (Å²) in [6.45, 7) is 2.95. The zero-order valence-corrected chi connectivity index (χ0v) is 28.3. The van der Waals surface area contributed by atoms with Crippen LogP contribution in [0.1, 0.15) is 31.2 Å². The molecule has 3 aromatic carbocycles. The molecular weight excluding hydrogens is 676 g/mol. The fraction of sp³-hybridized carbons (Fsp3) is 0.235. The number of hydrogen-bond acceptors (Lipinski definition) is 10. The summed E-state index contributed by atoms with van der Waals surface area (Å²) in [5.41, 5.74) is 5.00. The maximum absolute atomic E-state index is 11.3. The molecule has 0 unspecified atom stereocenters. The predicted octanol–water partition coefficient (Wildman–Crippen LogP) is 5.54. The van der Waals surface area contributed by atoms with Gasteiger partial charge in [-0.2, -0.15) is 9.83 Å². The van der Waals surface area contributed by atoms with E-state index < -0.39 is 31.7 Å². The number of fused-ring (bicyclic) bond motifs is 2. The first kappa shape index (κ1) is 34.9. The van der Waals surface area contributed by atoms with Crippen LogP contribution in [0.5, 0.6) is 0 Å². The molecule has 0 saturated heterocycles. The lowest BCUT2D eigenvalue weighted by atomic mass is 10.1. The second-order valence-corrected chi connectivity index (χ2v) is 14.4. The Hall–Kier alpha value is -4.45. The predicted molar refractivity (Wildman–Crippen MR) is 183 cm³/mol. The highest BCUT2D eigenvalue weighted by atomic mass is 35.5. The fourth-order valence-corrected chi connectivity index (χ4v) is 6.78. The molecule has 0 amide bonds. The van der Waals surface area contributed by atoms with E-state index in [1.54, 1.807) is 36.4 Å². The summed E-state index contributed by atoms with van der Waals surface area (Å²) in [4.78, 5) is 3.83. The molecule has 250 valence electrons. The number of allylic oxidation sites excluding steroid dienone is 4. The van der Waals surface area contributed by atoms with Crippen LogP contribution in [0.2, 0.25) is 5.02 Å². The van der Waals surface area contributed by atoms with Crippen molar-refractivity contribution < 1.29 is 34.9 Å². The van der Waals surface area contributed by atoms with E-state index in [1.807, 2.05) is 75.9 Å². The minimum Gasteiger partial charge on any atom is -0.748 e. The van der Waals surface area contributed by atoms with Gasteiger partial charge in [0, 0.05) is 37.1 Å². The largest absolute Gasteiger partial charge is 0.748 e. The van der Waals surface area contributed by atoms with Gasteiger partial charge in [0.05, 0.1) is 48.3 Å². The Morgan fingerprint density at radius 3 is 2.29 bits per heavy atom. The van der Waals surface area contributed by atoms with Crippen molar-refractivity contribution in [2.24, 2.45) is 0 Å². The first-order valence-corrected chi connectivity index (χ1v) is 18.6. The molecule has 2 heterocycles. The van der Waals surface area contributed by atoms with Gasteiger partial charge in [0.1, 0.15) is 11.9 Å². The molecule has 14 heteroatoms. The van der Waals surface area contributed by atoms with Crippen LogP contribution in [-0.2, 0) is 26.8 Å². The molecule has 1 aliphatic heterocycles. The van der Waals surface area contributed by atoms with Crippen LogP contribution in [-0.4, -0.2) is 50.5 Å². The molecule has 11 nitrogen and oxygen atoms in total. The Bertz CT molecular complexity index is 2170. The summed E-state index contributed by atoms with van der Waals surface area (Å²) < 4.78 is 75.8. The van der Waals surface area contributed by atoms with E-state index in [-0.39, 0.29) is 31.5 Å². The summed E-state index contributed by atoms with van der Waals surface area (Å²) in [7, 11) is -8.79. The SMILES string of the molecule is CCN1C(=CC=CC=Cc2oc3ccc(-c4ccccc4)cc3[n+]2CCCS(=O)(=O)[O-])N(CCCS(=O)(=O)[O-])c2cc(C#N)c(Cl)cc21. The third kappa shape index (κ3) is 8.33. The molecule has 1 aromatic heterocycles. The van der Waals surface area contributed by atoms with E-state index in [2.05, 4.69) is 6.07 Å². The van der Waals surface area contributed by atoms with Crippen LogP contribution in [0.3, 0.4) is 0 Å². The molecule has 0 spiro atoms. The Balaban J connectivity index is 1.45. The zero-order chi connectivity index (χ0) is 34.5. The normalized spacial score (nSPS) is 14.5. The molecule has 4 aromatic rings. The van der Waals surface area contributed by atoms with Crippen LogP contribution in [0.15, 0.2) is 95.2 Å². The van der Waals surface area contributed by atoms with Gasteiger partial charge in [0.25, 0.3) is 5.52 Å². The Labute approximate surface area is 284 Å². The monoisotopic (exact) mass is 707 g/mol. The van der Waals surface area contributed by atoms with Gasteiger partial charge in [-0.05, 0) is 48.7 Å². The van der Waals surface area contributed by atoms with E-state index in [9.17, 15) is 31.2 Å². The summed E-state index contributed by atoms with van der Waals surface area (Å²) in [5, 5.41) is 9.84. The number of aromatic nitrogens is 1. The van der Waals surface area contributed by atoms with Crippen molar-refractivity contribution in [2.45, 2.75) is 26.3 Å². The summed E-state index contributed by atoms with van der Waals surface area (Å²) in [6.07, 6.45) is 9.07. The third-order valence-electron chi connectivity index (χ3n) is 7.73. The van der Waals surface area contributed by atoms with Gasteiger partial charge in [-0.25, -0.2) is 16.8 Å². The first-order valence-electron chi connectivity index (χ1n) is 15.1. The maximum Gasteiger partial charge on any atom is 0.374 e. The molecule has 0 radical (unpaired) electrons. The minimum atomic E-state index is -4.41. The molecule has 0 saturated carbocycles. The van der Waals surface area contributed by atoms with Crippen molar-refractivity contribution in [3.63, 3.8) is 0 Å². The van der Waals surface area contributed by atoms with Gasteiger partial charge < -0.3 is 23.3 Å². The van der Waals surface area contributed by atoms with E-state index >= 15 is 0 Å². The Kier molecular flexibility index (Phi) is 10.7. The third-order valence-corrected chi connectivity index (χ3v) is 9.62. The molecule has 0 aliphatic carbocycles. The average molecular weight is 708 g/mol. The molecular formula is C34H32ClN4O7S2-. The molecule has 0 atom stereocenters. The zero-order valence-electron chi connectivity index (χ0n) is 26.0. The van der Waals surface area contributed by atoms with Crippen LogP contribution in [0, 0.1) is 11.3 Å². The van der Waals surface area contributed by atoms with Crippen LogP contribution in [0.25, 0.3) is 28.3 Å². The second kappa shape index (κ2) is 14.8. The number of nitrogens with zero attached hydrogens (tertiary/aromatic N) is 4. The highest BCUT2D eigenvalue weighted by Gasteiger charge is 2.31. The number of benzene rings is 3. The summed E-state index contributed by atoms with van der Waals surface area (Å²) in [5.74, 6) is 0.132. The van der Waals surface area contributed by atoms with Crippen LogP contribution < -0.4 is 14.4 Å². The number of halogens is 1. The Morgan fingerprint density at radius 2 is 1.60 bits per heavy atom. The number of hydrogen-bond donors (Lipinski definition) is 0. The lowest BCUT2D eigenvalue weighted by Gasteiger charge is -2.24. The smallest absolute Gasteiger partial charge is 0.374 e. The minimum absolute atomic E-state index is 0.0833. The van der Waals surface area contributed by atoms with Gasteiger partial charge in [-0.1, -0.05) is 66.2 Å². The number of nitriles is 1. The quantitative estimate of drug-likeness (QED) is 0.0980. The maximum atomic E-state index is 11.3. The van der Waals surface area contributed by atoms with Crippen LogP contribution >= 0.6 is 11.6 Å². The van der Waals surface area contributed by atoms with E-state index in [1.165, 1.54) is 0 Å². The van der Waals surface area contributed by atoms with Gasteiger partial charge in [-0.3, -0.25) is 0 Å². The molecule has 1 aliphatic rings. The number of aryl methyl sites for hydroxylation is 1. The van der Waals surface area contributed by atoms with Crippen molar-refractivity contribution in [1.82, 2.24) is 0 Å². The highest BCUT2D eigenvalue weighted by molar-refractivity contribution is 7.85. The van der Waals surface area contributed by atoms with Crippen molar-refractivity contribution in [2.75, 3.05) is 34.4 Å². The Morgan fingerprint density at radius 1 is 0.896 bits per heavy atom. The molecule has 0 bridgehead atoms. The molecule has 0 N–H and O–H groups in total. The number of oxazole rings is 1. The average Bonchev–Trinajstić information content (AvgIpc) is 3.52. The van der Waals surface area contributed by atoms with Crippen LogP contribution in [0.4, 0.5) is 11.4 Å². The van der Waals surface area contributed by atoms with Gasteiger partial charge >= 0.3 is 5.89 Å². The van der Waals surface area contributed by atoms with Crippen molar-refractivity contribution in [3.8, 4) is 17.2 Å². The molecule has 0 fully saturated rings. The fourth-order valence-electron chi connectivity index (χ4n) is 5.62. The molecule has 5 rings (SSSR count). The first-order chi connectivity index (χ1) is 22.9. The number of anilines is 2. The van der Waals surface area contributed by atoms with Gasteiger partial charge in [-0.15, -0.1) is 0 Å². The van der Waals surface area contributed by atoms with Gasteiger partial charge in [0.2, 0.25) is 5.58 Å². The highest BCUT2D eigenvalue weighted by Crippen LogP contribution is 2.44. The molecule has 48 heavy (non-hydrogen) atoms. The summed E-state index contributed by atoms with van der Waals surface area (Å²) >= 11 is 6.34. The lowest BCUT2D eigenvalue weighted by molar-refractivity contribution is -0.677. The summed E-state index contributed by atoms with van der Waals surface area (Å²) in [6, 6.07) is 21.0. The lowest BCUT2D eigenvalue weighted by Crippen LogP contribution is -2.36. The van der Waals surface area contributed by atoms with E-state index in [0.717, 1.165) is 22.3 Å². The second-order valence-electron chi connectivity index (χ2n) is 11.0. The topological polar surface area (TPSA) is 162 Å². The van der Waals surface area contributed by atoms with E-state index in [0.29, 0.717) is 34.5 Å².